The Bertz CT molecular complexity index is 519. The highest BCUT2D eigenvalue weighted by Gasteiger charge is 2.26. The number of nitrogens with zero attached hydrogens (tertiary/aromatic N) is 2. The van der Waals surface area contributed by atoms with Crippen molar-refractivity contribution in [1.29, 1.82) is 0 Å². The number of aryl methyl sites for hydroxylation is 1. The van der Waals surface area contributed by atoms with Gasteiger partial charge in [0.2, 0.25) is 11.8 Å². The van der Waals surface area contributed by atoms with Crippen LogP contribution >= 0.6 is 0 Å². The molecule has 22 heavy (non-hydrogen) atoms. The maximum absolute atomic E-state index is 11.9. The number of hydrogen-bond acceptors (Lipinski definition) is 5. The Kier molecular flexibility index (Phi) is 5.51. The molecule has 0 saturated heterocycles. The first-order valence-corrected chi connectivity index (χ1v) is 7.80. The molecule has 0 atom stereocenters. The Morgan fingerprint density at radius 2 is 2.00 bits per heavy atom. The summed E-state index contributed by atoms with van der Waals surface area (Å²) in [5.74, 6) is 0.290. The summed E-state index contributed by atoms with van der Waals surface area (Å²) in [6, 6.07) is 0.0806. The molecule has 1 aromatic heterocycles. The zero-order valence-corrected chi connectivity index (χ0v) is 13.0. The fourth-order valence-electron chi connectivity index (χ4n) is 2.61. The Morgan fingerprint density at radius 1 is 1.32 bits per heavy atom. The number of carbonyl (C=O) groups excluding carboxylic acids is 1. The second-order valence-corrected chi connectivity index (χ2v) is 6.16. The van der Waals surface area contributed by atoms with Gasteiger partial charge in [-0.05, 0) is 25.7 Å². The summed E-state index contributed by atoms with van der Waals surface area (Å²) >= 11 is 0. The molecule has 0 unspecified atom stereocenters. The number of aliphatic carboxylic acids is 1. The summed E-state index contributed by atoms with van der Waals surface area (Å²) in [5, 5.41) is 15.8. The summed E-state index contributed by atoms with van der Waals surface area (Å²) in [6.45, 7) is 3.96. The molecule has 2 rings (SSSR count). The van der Waals surface area contributed by atoms with Crippen molar-refractivity contribution in [2.45, 2.75) is 64.3 Å². The molecular weight excluding hydrogens is 286 g/mol. The van der Waals surface area contributed by atoms with Gasteiger partial charge in [-0.25, -0.2) is 0 Å². The third-order valence-electron chi connectivity index (χ3n) is 4.01. The second kappa shape index (κ2) is 7.38. The van der Waals surface area contributed by atoms with E-state index in [0.29, 0.717) is 37.4 Å². The summed E-state index contributed by atoms with van der Waals surface area (Å²) in [6.07, 6.45) is 3.43. The van der Waals surface area contributed by atoms with Gasteiger partial charge in [0.1, 0.15) is 0 Å². The Balaban J connectivity index is 1.71. The minimum absolute atomic E-state index is 0.0527. The molecule has 0 aromatic carbocycles. The molecule has 1 aromatic rings. The molecule has 0 radical (unpaired) electrons. The highest BCUT2D eigenvalue weighted by atomic mass is 16.5. The number of rotatable bonds is 6. The predicted octanol–water partition coefficient (Wildman–Crippen LogP) is 1.89. The third-order valence-corrected chi connectivity index (χ3v) is 4.01. The SMILES string of the molecule is CC(C)c1noc(CCC(=O)NC2CCC(C(=O)O)CC2)n1. The number of carboxylic acid groups (broad SMARTS) is 1. The molecule has 1 fully saturated rings. The normalized spacial score (nSPS) is 21.8. The molecule has 0 bridgehead atoms. The van der Waals surface area contributed by atoms with Gasteiger partial charge in [-0.2, -0.15) is 4.98 Å². The van der Waals surface area contributed by atoms with Gasteiger partial charge in [-0.1, -0.05) is 19.0 Å². The molecule has 122 valence electrons. The van der Waals surface area contributed by atoms with Crippen LogP contribution in [0.1, 0.15) is 63.6 Å². The van der Waals surface area contributed by atoms with Gasteiger partial charge >= 0.3 is 5.97 Å². The standard InChI is InChI=1S/C15H23N3O4/c1-9(2)14-17-13(22-18-14)8-7-12(19)16-11-5-3-10(4-6-11)15(20)21/h9-11H,3-8H2,1-2H3,(H,16,19)(H,20,21). The highest BCUT2D eigenvalue weighted by Crippen LogP contribution is 2.24. The lowest BCUT2D eigenvalue weighted by Gasteiger charge is -2.26. The Hall–Kier alpha value is -1.92. The second-order valence-electron chi connectivity index (χ2n) is 6.16. The van der Waals surface area contributed by atoms with E-state index in [1.54, 1.807) is 0 Å². The molecule has 1 heterocycles. The predicted molar refractivity (Wildman–Crippen MR) is 78.2 cm³/mol. The van der Waals surface area contributed by atoms with Crippen LogP contribution in [0.15, 0.2) is 4.52 Å². The molecule has 0 spiro atoms. The van der Waals surface area contributed by atoms with Crippen LogP contribution in [0.2, 0.25) is 0 Å². The zero-order chi connectivity index (χ0) is 16.1. The van der Waals surface area contributed by atoms with Crippen molar-refractivity contribution >= 4 is 11.9 Å². The first-order valence-electron chi connectivity index (χ1n) is 7.80. The molecule has 1 amide bonds. The van der Waals surface area contributed by atoms with E-state index in [-0.39, 0.29) is 23.8 Å². The maximum atomic E-state index is 11.9. The fraction of sp³-hybridized carbons (Fsp3) is 0.733. The minimum Gasteiger partial charge on any atom is -0.481 e. The van der Waals surface area contributed by atoms with Crippen molar-refractivity contribution in [3.63, 3.8) is 0 Å². The first kappa shape index (κ1) is 16.5. The largest absolute Gasteiger partial charge is 0.481 e. The monoisotopic (exact) mass is 309 g/mol. The van der Waals surface area contributed by atoms with Gasteiger partial charge in [0, 0.05) is 24.8 Å². The third kappa shape index (κ3) is 4.54. The fourth-order valence-corrected chi connectivity index (χ4v) is 2.61. The zero-order valence-electron chi connectivity index (χ0n) is 13.0. The molecule has 1 aliphatic carbocycles. The lowest BCUT2D eigenvalue weighted by Crippen LogP contribution is -2.38. The lowest BCUT2D eigenvalue weighted by molar-refractivity contribution is -0.142. The number of aromatic nitrogens is 2. The van der Waals surface area contributed by atoms with Crippen molar-refractivity contribution in [3.8, 4) is 0 Å². The molecule has 0 aliphatic heterocycles. The summed E-state index contributed by atoms with van der Waals surface area (Å²) in [7, 11) is 0. The van der Waals surface area contributed by atoms with Crippen molar-refractivity contribution in [2.75, 3.05) is 0 Å². The van der Waals surface area contributed by atoms with E-state index in [4.69, 9.17) is 9.63 Å². The highest BCUT2D eigenvalue weighted by molar-refractivity contribution is 5.76. The number of carbonyl (C=O) groups is 2. The number of hydrogen-bond donors (Lipinski definition) is 2. The first-order chi connectivity index (χ1) is 10.5. The van der Waals surface area contributed by atoms with E-state index in [2.05, 4.69) is 15.5 Å². The summed E-state index contributed by atoms with van der Waals surface area (Å²) in [4.78, 5) is 27.0. The number of amides is 1. The van der Waals surface area contributed by atoms with E-state index in [0.717, 1.165) is 12.8 Å². The molecule has 2 N–H and O–H groups in total. The molecule has 1 saturated carbocycles. The van der Waals surface area contributed by atoms with E-state index >= 15 is 0 Å². The maximum Gasteiger partial charge on any atom is 0.306 e. The van der Waals surface area contributed by atoms with Gasteiger partial charge in [0.05, 0.1) is 5.92 Å². The van der Waals surface area contributed by atoms with Crippen molar-refractivity contribution in [1.82, 2.24) is 15.5 Å². The van der Waals surface area contributed by atoms with Crippen molar-refractivity contribution in [2.24, 2.45) is 5.92 Å². The topological polar surface area (TPSA) is 105 Å². The average molecular weight is 309 g/mol. The molecular formula is C15H23N3O4. The smallest absolute Gasteiger partial charge is 0.306 e. The van der Waals surface area contributed by atoms with E-state index in [1.807, 2.05) is 13.8 Å². The van der Waals surface area contributed by atoms with Gasteiger partial charge < -0.3 is 14.9 Å². The van der Waals surface area contributed by atoms with Gasteiger partial charge in [0.15, 0.2) is 5.82 Å². The Morgan fingerprint density at radius 3 is 2.55 bits per heavy atom. The van der Waals surface area contributed by atoms with Gasteiger partial charge in [-0.15, -0.1) is 0 Å². The van der Waals surface area contributed by atoms with Crippen LogP contribution < -0.4 is 5.32 Å². The van der Waals surface area contributed by atoms with Crippen LogP contribution in [-0.4, -0.2) is 33.2 Å². The van der Waals surface area contributed by atoms with Crippen LogP contribution in [-0.2, 0) is 16.0 Å². The van der Waals surface area contributed by atoms with Crippen LogP contribution in [0.4, 0.5) is 0 Å². The summed E-state index contributed by atoms with van der Waals surface area (Å²) < 4.78 is 5.10. The van der Waals surface area contributed by atoms with Crippen LogP contribution in [0.3, 0.4) is 0 Å². The van der Waals surface area contributed by atoms with Crippen molar-refractivity contribution < 1.29 is 19.2 Å². The van der Waals surface area contributed by atoms with E-state index in [1.165, 1.54) is 0 Å². The van der Waals surface area contributed by atoms with E-state index in [9.17, 15) is 9.59 Å². The number of carboxylic acids is 1. The van der Waals surface area contributed by atoms with Crippen LogP contribution in [0.25, 0.3) is 0 Å². The Labute approximate surface area is 129 Å². The van der Waals surface area contributed by atoms with Crippen LogP contribution in [0.5, 0.6) is 0 Å². The lowest BCUT2D eigenvalue weighted by atomic mass is 9.86. The van der Waals surface area contributed by atoms with Gasteiger partial charge in [-0.3, -0.25) is 9.59 Å². The van der Waals surface area contributed by atoms with E-state index < -0.39 is 5.97 Å². The molecule has 7 nitrogen and oxygen atoms in total. The van der Waals surface area contributed by atoms with Gasteiger partial charge in [0.25, 0.3) is 0 Å². The van der Waals surface area contributed by atoms with Crippen LogP contribution in [0, 0.1) is 5.92 Å². The number of nitrogens with one attached hydrogen (secondary N) is 1. The molecule has 7 heteroatoms. The minimum atomic E-state index is -0.734. The van der Waals surface area contributed by atoms with Crippen molar-refractivity contribution in [3.05, 3.63) is 11.7 Å². The summed E-state index contributed by atoms with van der Waals surface area (Å²) in [5.41, 5.74) is 0. The quantitative estimate of drug-likeness (QED) is 0.831. The average Bonchev–Trinajstić information content (AvgIpc) is 2.95. The molecule has 1 aliphatic rings.